The number of para-hydroxylation sites is 1. The average molecular weight is 493 g/mol. The number of aliphatic hydroxyl groups is 1. The van der Waals surface area contributed by atoms with Gasteiger partial charge in [-0.3, -0.25) is 0 Å². The van der Waals surface area contributed by atoms with Gasteiger partial charge in [-0.05, 0) is 50.1 Å². The van der Waals surface area contributed by atoms with Gasteiger partial charge in [0.25, 0.3) is 0 Å². The highest BCUT2D eigenvalue weighted by molar-refractivity contribution is 7.14. The maximum absolute atomic E-state index is 13.7. The maximum atomic E-state index is 13.7. The predicted molar refractivity (Wildman–Crippen MR) is 120 cm³/mol. The second kappa shape index (κ2) is 10.8. The van der Waals surface area contributed by atoms with E-state index in [4.69, 9.17) is 20.5 Å². The van der Waals surface area contributed by atoms with Crippen molar-refractivity contribution in [2.75, 3.05) is 19.8 Å². The van der Waals surface area contributed by atoms with E-state index in [2.05, 4.69) is 10.2 Å². The Morgan fingerprint density at radius 3 is 2.38 bits per heavy atom. The van der Waals surface area contributed by atoms with Crippen molar-refractivity contribution in [3.05, 3.63) is 58.6 Å². The molecule has 0 bridgehead atoms. The van der Waals surface area contributed by atoms with Gasteiger partial charge in [0.2, 0.25) is 0 Å². The number of nitrogens with zero attached hydrogens (tertiary/aromatic N) is 3. The topological polar surface area (TPSA) is 114 Å². The molecule has 1 unspecified atom stereocenters. The van der Waals surface area contributed by atoms with E-state index < -0.39 is 17.3 Å². The summed E-state index contributed by atoms with van der Waals surface area (Å²) in [7, 11) is 0. The van der Waals surface area contributed by atoms with Crippen LogP contribution < -0.4 is 15.2 Å². The Hall–Kier alpha value is -3.20. The molecule has 180 valence electrons. The van der Waals surface area contributed by atoms with Crippen LogP contribution in [0.1, 0.15) is 35.9 Å². The third kappa shape index (κ3) is 6.22. The van der Waals surface area contributed by atoms with E-state index in [1.807, 2.05) is 6.07 Å². The van der Waals surface area contributed by atoms with Gasteiger partial charge in [0, 0.05) is 5.56 Å². The van der Waals surface area contributed by atoms with Crippen molar-refractivity contribution in [1.82, 2.24) is 10.2 Å². The average Bonchev–Trinajstić information content (AvgIpc) is 3.32. The van der Waals surface area contributed by atoms with E-state index in [1.54, 1.807) is 31.2 Å². The van der Waals surface area contributed by atoms with Gasteiger partial charge in [0.15, 0.2) is 0 Å². The van der Waals surface area contributed by atoms with Gasteiger partial charge in [-0.15, -0.1) is 10.2 Å². The molecular formula is C23H23F3N4O3S. The number of aromatic nitrogens is 2. The minimum Gasteiger partial charge on any atom is -0.493 e. The smallest absolute Gasteiger partial charge is 0.419 e. The summed E-state index contributed by atoms with van der Waals surface area (Å²) in [5.74, 6) is 0.186. The van der Waals surface area contributed by atoms with Crippen molar-refractivity contribution in [2.24, 2.45) is 5.73 Å². The van der Waals surface area contributed by atoms with Crippen LogP contribution in [0.2, 0.25) is 0 Å². The highest BCUT2D eigenvalue weighted by Crippen LogP contribution is 2.39. The summed E-state index contributed by atoms with van der Waals surface area (Å²) >= 11 is 1.02. The number of nitriles is 1. The van der Waals surface area contributed by atoms with Crippen LogP contribution in [-0.4, -0.2) is 35.1 Å². The van der Waals surface area contributed by atoms with Crippen LogP contribution in [0, 0.1) is 11.3 Å². The zero-order chi connectivity index (χ0) is 24.8. The lowest BCUT2D eigenvalue weighted by Crippen LogP contribution is -2.36. The minimum absolute atomic E-state index is 0.0661. The summed E-state index contributed by atoms with van der Waals surface area (Å²) in [5.41, 5.74) is 4.52. The van der Waals surface area contributed by atoms with Crippen LogP contribution in [0.4, 0.5) is 13.2 Å². The molecule has 7 nitrogen and oxygen atoms in total. The van der Waals surface area contributed by atoms with Gasteiger partial charge < -0.3 is 20.3 Å². The minimum atomic E-state index is -4.63. The van der Waals surface area contributed by atoms with Crippen molar-refractivity contribution >= 4 is 11.3 Å². The predicted octanol–water partition coefficient (Wildman–Crippen LogP) is 4.50. The number of ether oxygens (including phenoxy) is 2. The van der Waals surface area contributed by atoms with E-state index in [0.29, 0.717) is 35.8 Å². The molecule has 0 saturated heterocycles. The van der Waals surface area contributed by atoms with Crippen LogP contribution in [-0.2, 0) is 11.7 Å². The normalized spacial score (nSPS) is 13.2. The second-order valence-corrected chi connectivity index (χ2v) is 8.69. The first-order chi connectivity index (χ1) is 16.2. The molecular weight excluding hydrogens is 469 g/mol. The fraction of sp³-hybridized carbons (Fsp3) is 0.348. The molecule has 3 rings (SSSR count). The summed E-state index contributed by atoms with van der Waals surface area (Å²) in [6, 6.07) is 12.6. The van der Waals surface area contributed by atoms with Crippen molar-refractivity contribution in [2.45, 2.75) is 31.5 Å². The molecule has 2 aromatic carbocycles. The standard InChI is InChI=1S/C23H23F3N4O3S/c1-22(28,14-31)21-30-29-20(34-21)15-8-9-19(17(12-15)23(24,25)26)33-11-5-4-10-32-18-7-3-2-6-16(18)13-27/h2-3,6-9,12,31H,4-5,10-11,14,28H2,1H3. The molecule has 34 heavy (non-hydrogen) atoms. The van der Waals surface area contributed by atoms with Gasteiger partial charge in [0.05, 0.1) is 36.5 Å². The Bertz CT molecular complexity index is 1160. The first-order valence-electron chi connectivity index (χ1n) is 10.4. The quantitative estimate of drug-likeness (QED) is 0.401. The van der Waals surface area contributed by atoms with Crippen LogP contribution >= 0.6 is 11.3 Å². The molecule has 0 spiro atoms. The summed E-state index contributed by atoms with van der Waals surface area (Å²) in [4.78, 5) is 0. The number of hydrogen-bond donors (Lipinski definition) is 2. The van der Waals surface area contributed by atoms with Crippen molar-refractivity contribution in [1.29, 1.82) is 5.26 Å². The van der Waals surface area contributed by atoms with Crippen molar-refractivity contribution in [3.8, 4) is 28.1 Å². The molecule has 0 aliphatic rings. The molecule has 1 atom stereocenters. The first kappa shape index (κ1) is 25.4. The molecule has 3 aromatic rings. The molecule has 11 heteroatoms. The first-order valence-corrected chi connectivity index (χ1v) is 11.2. The lowest BCUT2D eigenvalue weighted by molar-refractivity contribution is -0.138. The van der Waals surface area contributed by atoms with Gasteiger partial charge >= 0.3 is 6.18 Å². The molecule has 0 fully saturated rings. The third-order valence-corrected chi connectivity index (χ3v) is 6.09. The third-order valence-electron chi connectivity index (χ3n) is 4.84. The SMILES string of the molecule is CC(N)(CO)c1nnc(-c2ccc(OCCCCOc3ccccc3C#N)c(C(F)(F)F)c2)s1. The van der Waals surface area contributed by atoms with Crippen LogP contribution in [0.5, 0.6) is 11.5 Å². The lowest BCUT2D eigenvalue weighted by atomic mass is 10.1. The number of hydrogen-bond acceptors (Lipinski definition) is 8. The summed E-state index contributed by atoms with van der Waals surface area (Å²) in [5, 5.41) is 26.8. The van der Waals surface area contributed by atoms with E-state index in [-0.39, 0.29) is 29.5 Å². The zero-order valence-electron chi connectivity index (χ0n) is 18.3. The number of halogens is 3. The Labute approximate surface area is 198 Å². The Morgan fingerprint density at radius 1 is 1.06 bits per heavy atom. The highest BCUT2D eigenvalue weighted by atomic mass is 32.1. The second-order valence-electron chi connectivity index (χ2n) is 7.71. The molecule has 0 amide bonds. The van der Waals surface area contributed by atoms with Gasteiger partial charge in [-0.1, -0.05) is 23.5 Å². The van der Waals surface area contributed by atoms with Crippen molar-refractivity contribution < 1.29 is 27.8 Å². The van der Waals surface area contributed by atoms with E-state index >= 15 is 0 Å². The number of unbranched alkanes of at least 4 members (excludes halogenated alkanes) is 1. The fourth-order valence-corrected chi connectivity index (χ4v) is 3.79. The van der Waals surface area contributed by atoms with Crippen molar-refractivity contribution in [3.63, 3.8) is 0 Å². The van der Waals surface area contributed by atoms with Gasteiger partial charge in [-0.2, -0.15) is 18.4 Å². The van der Waals surface area contributed by atoms with E-state index in [0.717, 1.165) is 17.4 Å². The molecule has 0 aliphatic carbocycles. The zero-order valence-corrected chi connectivity index (χ0v) is 19.1. The van der Waals surface area contributed by atoms with Crippen LogP contribution in [0.25, 0.3) is 10.6 Å². The summed E-state index contributed by atoms with van der Waals surface area (Å²) in [6.07, 6.45) is -3.63. The van der Waals surface area contributed by atoms with Crippen LogP contribution in [0.3, 0.4) is 0 Å². The van der Waals surface area contributed by atoms with Crippen LogP contribution in [0.15, 0.2) is 42.5 Å². The monoisotopic (exact) mass is 492 g/mol. The number of aliphatic hydroxyl groups excluding tert-OH is 1. The summed E-state index contributed by atoms with van der Waals surface area (Å²) in [6.45, 7) is 1.55. The largest absolute Gasteiger partial charge is 0.493 e. The van der Waals surface area contributed by atoms with E-state index in [9.17, 15) is 18.3 Å². The highest BCUT2D eigenvalue weighted by Gasteiger charge is 2.35. The molecule has 0 radical (unpaired) electrons. The number of benzene rings is 2. The Balaban J connectivity index is 1.62. The van der Waals surface area contributed by atoms with Gasteiger partial charge in [-0.25, -0.2) is 0 Å². The van der Waals surface area contributed by atoms with E-state index in [1.165, 1.54) is 12.1 Å². The Kier molecular flexibility index (Phi) is 8.09. The molecule has 0 saturated carbocycles. The number of alkyl halides is 3. The number of nitrogens with two attached hydrogens (primary N) is 1. The maximum Gasteiger partial charge on any atom is 0.419 e. The summed E-state index contributed by atoms with van der Waals surface area (Å²) < 4.78 is 52.0. The van der Waals surface area contributed by atoms with Gasteiger partial charge in [0.1, 0.15) is 27.6 Å². The lowest BCUT2D eigenvalue weighted by Gasteiger charge is -2.17. The molecule has 1 heterocycles. The number of rotatable bonds is 10. The molecule has 1 aromatic heterocycles. The molecule has 3 N–H and O–H groups in total. The fourth-order valence-electron chi connectivity index (χ4n) is 2.90. The molecule has 0 aliphatic heterocycles. The Morgan fingerprint density at radius 2 is 1.74 bits per heavy atom.